The van der Waals surface area contributed by atoms with Gasteiger partial charge in [0.05, 0.1) is 42.2 Å². The molecule has 3 heterocycles. The minimum Gasteiger partial charge on any atom is -0.357 e. The molecule has 2 aliphatic heterocycles. The highest BCUT2D eigenvalue weighted by Crippen LogP contribution is 2.39. The minimum atomic E-state index is -2.74. The van der Waals surface area contributed by atoms with Gasteiger partial charge in [0.25, 0.3) is 11.8 Å². The molecule has 10 heteroatoms. The molecular weight excluding hydrogens is 412 g/mol. The van der Waals surface area contributed by atoms with Crippen molar-refractivity contribution >= 4 is 40.2 Å². The van der Waals surface area contributed by atoms with Crippen molar-refractivity contribution < 1.29 is 18.4 Å². The smallest absolute Gasteiger partial charge is 0.284 e. The summed E-state index contributed by atoms with van der Waals surface area (Å²) in [6, 6.07) is 7.27. The molecule has 1 aromatic heterocycles. The normalized spacial score (nSPS) is 22.5. The van der Waals surface area contributed by atoms with Crippen molar-refractivity contribution in [2.24, 2.45) is 0 Å². The number of benzene rings is 1. The number of hydrogen-bond acceptors (Lipinski definition) is 6. The first kappa shape index (κ1) is 20.3. The Morgan fingerprint density at radius 3 is 2.90 bits per heavy atom. The van der Waals surface area contributed by atoms with Gasteiger partial charge in [0.2, 0.25) is 5.91 Å². The second-order valence-corrected chi connectivity index (χ2v) is 8.32. The number of carbonyl (C=O) groups is 2. The lowest BCUT2D eigenvalue weighted by Gasteiger charge is -2.47. The Morgan fingerprint density at radius 2 is 2.20 bits per heavy atom. The molecule has 30 heavy (non-hydrogen) atoms. The van der Waals surface area contributed by atoms with E-state index in [2.05, 4.69) is 16.4 Å². The van der Waals surface area contributed by atoms with Crippen LogP contribution in [0.4, 0.5) is 14.5 Å². The number of thioether (sulfide) groups is 1. The summed E-state index contributed by atoms with van der Waals surface area (Å²) in [4.78, 5) is 32.4. The summed E-state index contributed by atoms with van der Waals surface area (Å²) in [5.74, 6) is -2.54. The number of halogens is 2. The second kappa shape index (κ2) is 7.72. The maximum absolute atomic E-state index is 13.6. The van der Waals surface area contributed by atoms with Crippen LogP contribution in [0, 0.1) is 11.3 Å². The number of rotatable bonds is 4. The van der Waals surface area contributed by atoms with E-state index >= 15 is 0 Å². The molecule has 0 spiro atoms. The van der Waals surface area contributed by atoms with Crippen molar-refractivity contribution in [2.75, 3.05) is 29.6 Å². The summed E-state index contributed by atoms with van der Waals surface area (Å²) < 4.78 is 27.1. The second-order valence-electron chi connectivity index (χ2n) is 7.32. The number of nitrogens with one attached hydrogen (secondary N) is 1. The molecule has 2 saturated heterocycles. The van der Waals surface area contributed by atoms with Crippen LogP contribution in [0.2, 0.25) is 0 Å². The Kier molecular flexibility index (Phi) is 5.24. The zero-order valence-corrected chi connectivity index (χ0v) is 17.0. The molecule has 2 fully saturated rings. The molecule has 1 aromatic carbocycles. The third-order valence-electron chi connectivity index (χ3n) is 5.51. The van der Waals surface area contributed by atoms with Gasteiger partial charge >= 0.3 is 0 Å². The summed E-state index contributed by atoms with van der Waals surface area (Å²) in [6.45, 7) is 0.863. The molecule has 7 nitrogen and oxygen atoms in total. The van der Waals surface area contributed by atoms with Crippen LogP contribution in [-0.4, -0.2) is 64.4 Å². The maximum Gasteiger partial charge on any atom is 0.284 e. The fourth-order valence-electron chi connectivity index (χ4n) is 3.59. The molecule has 0 bridgehead atoms. The molecule has 2 aliphatic rings. The molecule has 2 atom stereocenters. The van der Waals surface area contributed by atoms with Crippen LogP contribution in [-0.2, 0) is 4.79 Å². The van der Waals surface area contributed by atoms with Gasteiger partial charge in [-0.05, 0) is 31.2 Å². The third-order valence-corrected chi connectivity index (χ3v) is 6.53. The highest BCUT2D eigenvalue weighted by molar-refractivity contribution is 7.99. The molecule has 1 N–H and O–H groups in total. The zero-order valence-electron chi connectivity index (χ0n) is 16.1. The van der Waals surface area contributed by atoms with Gasteiger partial charge in [-0.1, -0.05) is 0 Å². The van der Waals surface area contributed by atoms with Crippen LogP contribution in [0.1, 0.15) is 17.3 Å². The number of fused-ring (bicyclic) bond motifs is 1. The van der Waals surface area contributed by atoms with Crippen molar-refractivity contribution in [1.29, 1.82) is 5.26 Å². The first-order chi connectivity index (χ1) is 14.3. The van der Waals surface area contributed by atoms with E-state index in [1.54, 1.807) is 23.1 Å². The van der Waals surface area contributed by atoms with Crippen molar-refractivity contribution in [3.63, 3.8) is 0 Å². The van der Waals surface area contributed by atoms with Crippen LogP contribution in [0.5, 0.6) is 0 Å². The molecule has 0 radical (unpaired) electrons. The topological polar surface area (TPSA) is 89.3 Å². The zero-order chi connectivity index (χ0) is 21.5. The number of hydrogen-bond donors (Lipinski definition) is 1. The maximum atomic E-state index is 13.6. The Morgan fingerprint density at radius 1 is 1.40 bits per heavy atom. The molecule has 4 rings (SSSR count). The van der Waals surface area contributed by atoms with E-state index in [-0.39, 0.29) is 19.0 Å². The molecule has 1 unspecified atom stereocenters. The summed E-state index contributed by atoms with van der Waals surface area (Å²) in [6.07, 6.45) is 1.49. The van der Waals surface area contributed by atoms with E-state index in [4.69, 9.17) is 5.26 Å². The van der Waals surface area contributed by atoms with Crippen LogP contribution in [0.3, 0.4) is 0 Å². The predicted molar refractivity (Wildman–Crippen MR) is 109 cm³/mol. The van der Waals surface area contributed by atoms with Crippen molar-refractivity contribution in [1.82, 2.24) is 15.2 Å². The molecular formula is C20H19F2N5O2S. The summed E-state index contributed by atoms with van der Waals surface area (Å²) in [5.41, 5.74) is 1.45. The fraction of sp³-hybridized carbons (Fsp3) is 0.400. The minimum absolute atomic E-state index is 0.226. The summed E-state index contributed by atoms with van der Waals surface area (Å²) >= 11 is 1.49. The molecule has 0 aliphatic carbocycles. The van der Waals surface area contributed by atoms with E-state index < -0.39 is 23.9 Å². The lowest BCUT2D eigenvalue weighted by Crippen LogP contribution is -2.63. The monoisotopic (exact) mass is 431 g/mol. The number of nitrogens with zero attached hydrogens (tertiary/aromatic N) is 4. The lowest BCUT2D eigenvalue weighted by molar-refractivity contribution is -0.129. The number of aromatic nitrogens is 1. The van der Waals surface area contributed by atoms with Crippen LogP contribution < -0.4 is 10.2 Å². The van der Waals surface area contributed by atoms with E-state index in [1.807, 2.05) is 0 Å². The predicted octanol–water partition coefficient (Wildman–Crippen LogP) is 2.23. The molecule has 2 aromatic rings. The van der Waals surface area contributed by atoms with Crippen molar-refractivity contribution in [3.05, 3.63) is 36.0 Å². The highest BCUT2D eigenvalue weighted by Gasteiger charge is 2.51. The van der Waals surface area contributed by atoms with Gasteiger partial charge in [-0.25, -0.2) is 8.78 Å². The number of nitriles is 1. The van der Waals surface area contributed by atoms with Crippen molar-refractivity contribution in [2.45, 2.75) is 24.9 Å². The SMILES string of the molecule is CC1N(c2ccc3nccc(C(=O)NCC(=O)N4CSC[C@H]4C#N)c3c2)CC1(F)F. The van der Waals surface area contributed by atoms with Gasteiger partial charge in [-0.15, -0.1) is 11.8 Å². The number of anilines is 1. The van der Waals surface area contributed by atoms with Gasteiger partial charge in [-0.3, -0.25) is 14.6 Å². The summed E-state index contributed by atoms with van der Waals surface area (Å²) in [5, 5.41) is 12.2. The van der Waals surface area contributed by atoms with Crippen LogP contribution >= 0.6 is 11.8 Å². The quantitative estimate of drug-likeness (QED) is 0.799. The number of alkyl halides is 2. The van der Waals surface area contributed by atoms with E-state index in [0.29, 0.717) is 33.8 Å². The average molecular weight is 431 g/mol. The van der Waals surface area contributed by atoms with Gasteiger partial charge in [0.1, 0.15) is 6.04 Å². The van der Waals surface area contributed by atoms with Gasteiger partial charge in [-0.2, -0.15) is 5.26 Å². The first-order valence-electron chi connectivity index (χ1n) is 9.40. The number of carbonyl (C=O) groups excluding carboxylic acids is 2. The Balaban J connectivity index is 1.52. The lowest BCUT2D eigenvalue weighted by atomic mass is 9.97. The van der Waals surface area contributed by atoms with Crippen LogP contribution in [0.25, 0.3) is 10.9 Å². The Labute approximate surface area is 176 Å². The number of amides is 2. The van der Waals surface area contributed by atoms with Gasteiger partial charge in [0, 0.05) is 23.0 Å². The summed E-state index contributed by atoms with van der Waals surface area (Å²) in [7, 11) is 0. The van der Waals surface area contributed by atoms with Gasteiger partial charge < -0.3 is 15.1 Å². The third kappa shape index (κ3) is 3.54. The fourth-order valence-corrected chi connectivity index (χ4v) is 4.69. The average Bonchev–Trinajstić information content (AvgIpc) is 3.23. The largest absolute Gasteiger partial charge is 0.357 e. The Bertz CT molecular complexity index is 1060. The first-order valence-corrected chi connectivity index (χ1v) is 10.6. The number of pyridine rings is 1. The standard InChI is InChI=1S/C20H19F2N5O2S/c1-12-20(21,22)10-26(12)13-2-3-17-16(6-13)15(4-5-24-17)19(29)25-8-18(28)27-11-30-9-14(27)7-23/h2-6,12,14H,8-11H2,1H3,(H,25,29)/t12?,14-/m1/s1. The van der Waals surface area contributed by atoms with Crippen LogP contribution in [0.15, 0.2) is 30.5 Å². The van der Waals surface area contributed by atoms with E-state index in [1.165, 1.54) is 35.8 Å². The van der Waals surface area contributed by atoms with Crippen molar-refractivity contribution in [3.8, 4) is 6.07 Å². The van der Waals surface area contributed by atoms with Gasteiger partial charge in [0.15, 0.2) is 0 Å². The van der Waals surface area contributed by atoms with E-state index in [9.17, 15) is 18.4 Å². The van der Waals surface area contributed by atoms with E-state index in [0.717, 1.165) is 0 Å². The Hall–Kier alpha value is -2.93. The highest BCUT2D eigenvalue weighted by atomic mass is 32.2. The molecule has 156 valence electrons. The molecule has 2 amide bonds. The molecule has 0 saturated carbocycles.